The van der Waals surface area contributed by atoms with E-state index in [1.807, 2.05) is 47.9 Å². The third kappa shape index (κ3) is 2.95. The zero-order valence-corrected chi connectivity index (χ0v) is 15.9. The molecule has 27 heavy (non-hydrogen) atoms. The topological polar surface area (TPSA) is 58.4 Å². The van der Waals surface area contributed by atoms with Gasteiger partial charge in [0.05, 0.1) is 19.9 Å². The number of hydrogen-bond acceptors (Lipinski definition) is 5. The van der Waals surface area contributed by atoms with E-state index < -0.39 is 6.10 Å². The summed E-state index contributed by atoms with van der Waals surface area (Å²) in [6.45, 7) is 4.96. The molecule has 3 aromatic rings. The molecule has 2 aromatic carbocycles. The van der Waals surface area contributed by atoms with Crippen LogP contribution in [-0.4, -0.2) is 29.0 Å². The molecule has 0 spiro atoms. The fourth-order valence-electron chi connectivity index (χ4n) is 3.33. The number of benzene rings is 2. The predicted molar refractivity (Wildman–Crippen MR) is 101 cm³/mol. The number of ether oxygens (including phenoxy) is 3. The fraction of sp³-hybridized carbons (Fsp3) is 0.250. The standard InChI is InChI=1S/C20H18ClN3O3/c1-4-17-22-23-18-11-27-19(13-6-5-7-16(25-2)20(13)26-3)14-10-12(21)8-9-15(14)24(17)18/h5-10,19H,4H2,1-3H3. The first-order valence-corrected chi connectivity index (χ1v) is 8.92. The van der Waals surface area contributed by atoms with E-state index in [9.17, 15) is 0 Å². The van der Waals surface area contributed by atoms with Crippen molar-refractivity contribution in [2.45, 2.75) is 19.4 Å². The summed E-state index contributed by atoms with van der Waals surface area (Å²) in [5.41, 5.74) is 2.58. The lowest BCUT2D eigenvalue weighted by molar-refractivity contribution is 0.146. The number of hydrogen-bond donors (Lipinski definition) is 0. The van der Waals surface area contributed by atoms with Gasteiger partial charge in [0.2, 0.25) is 6.61 Å². The maximum atomic E-state index is 6.32. The molecule has 0 N–H and O–H groups in total. The Kier molecular flexibility index (Phi) is 4.76. The van der Waals surface area contributed by atoms with Gasteiger partial charge in [-0.3, -0.25) is 4.57 Å². The zero-order valence-electron chi connectivity index (χ0n) is 15.2. The molecule has 0 amide bonds. The molecule has 7 heteroatoms. The minimum Gasteiger partial charge on any atom is -0.493 e. The highest BCUT2D eigenvalue weighted by Gasteiger charge is 2.30. The average Bonchev–Trinajstić information content (AvgIpc) is 3.03. The van der Waals surface area contributed by atoms with Gasteiger partial charge >= 0.3 is 0 Å². The summed E-state index contributed by atoms with van der Waals surface area (Å²) < 4.78 is 19.0. The normalized spacial score (nSPS) is 15.6. The minimum atomic E-state index is -0.491. The lowest BCUT2D eigenvalue weighted by Gasteiger charge is -2.22. The molecule has 1 aliphatic rings. The summed E-state index contributed by atoms with van der Waals surface area (Å²) in [6, 6.07) is 11.3. The first-order valence-electron chi connectivity index (χ1n) is 8.54. The van der Waals surface area contributed by atoms with Crippen molar-refractivity contribution < 1.29 is 14.2 Å². The van der Waals surface area contributed by atoms with E-state index in [0.29, 0.717) is 22.3 Å². The number of aryl methyl sites for hydroxylation is 1. The molecule has 0 saturated carbocycles. The zero-order chi connectivity index (χ0) is 19.0. The second-order valence-electron chi connectivity index (χ2n) is 6.01. The van der Waals surface area contributed by atoms with Crippen LogP contribution < -0.4 is 9.47 Å². The van der Waals surface area contributed by atoms with Crippen molar-refractivity contribution in [1.82, 2.24) is 14.8 Å². The van der Waals surface area contributed by atoms with Gasteiger partial charge in [-0.15, -0.1) is 10.2 Å². The number of aromatic nitrogens is 3. The Morgan fingerprint density at radius 3 is 2.74 bits per heavy atom. The smallest absolute Gasteiger partial charge is 0.208 e. The molecule has 1 aliphatic heterocycles. The van der Waals surface area contributed by atoms with Gasteiger partial charge in [-0.2, -0.15) is 0 Å². The second kappa shape index (κ2) is 7.21. The molecule has 6 nitrogen and oxygen atoms in total. The summed E-state index contributed by atoms with van der Waals surface area (Å²) in [5.74, 6) is 2.56. The van der Waals surface area contributed by atoms with Crippen LogP contribution in [0.2, 0.25) is 5.02 Å². The van der Waals surface area contributed by atoms with Crippen LogP contribution in [0.4, 0.5) is 0 Å². The molecule has 2 radical (unpaired) electrons. The fourth-order valence-corrected chi connectivity index (χ4v) is 3.51. The van der Waals surface area contributed by atoms with E-state index in [4.69, 9.17) is 25.8 Å². The van der Waals surface area contributed by atoms with Crippen LogP contribution in [0.1, 0.15) is 35.8 Å². The summed E-state index contributed by atoms with van der Waals surface area (Å²) >= 11 is 6.32. The van der Waals surface area contributed by atoms with Crippen molar-refractivity contribution >= 4 is 11.6 Å². The van der Waals surface area contributed by atoms with E-state index in [0.717, 1.165) is 29.1 Å². The summed E-state index contributed by atoms with van der Waals surface area (Å²) in [4.78, 5) is 0. The molecule has 0 bridgehead atoms. The van der Waals surface area contributed by atoms with Gasteiger partial charge in [0.1, 0.15) is 11.9 Å². The molecule has 2 heterocycles. The summed E-state index contributed by atoms with van der Waals surface area (Å²) in [5, 5.41) is 9.04. The minimum absolute atomic E-state index is 0.491. The van der Waals surface area contributed by atoms with Gasteiger partial charge in [-0.25, -0.2) is 0 Å². The average molecular weight is 384 g/mol. The first-order chi connectivity index (χ1) is 13.2. The molecule has 4 rings (SSSR count). The molecular weight excluding hydrogens is 366 g/mol. The van der Waals surface area contributed by atoms with Crippen molar-refractivity contribution in [3.63, 3.8) is 0 Å². The van der Waals surface area contributed by atoms with Crippen LogP contribution in [0.15, 0.2) is 36.4 Å². The molecule has 1 unspecified atom stereocenters. The molecule has 0 saturated heterocycles. The van der Waals surface area contributed by atoms with E-state index >= 15 is 0 Å². The Bertz CT molecular complexity index is 987. The van der Waals surface area contributed by atoms with Crippen LogP contribution in [0.5, 0.6) is 11.5 Å². The van der Waals surface area contributed by atoms with Crippen molar-refractivity contribution in [3.05, 3.63) is 70.8 Å². The lowest BCUT2D eigenvalue weighted by atomic mass is 9.98. The van der Waals surface area contributed by atoms with E-state index in [1.54, 1.807) is 14.2 Å². The summed E-state index contributed by atoms with van der Waals surface area (Å²) in [6.07, 6.45) is 0.235. The van der Waals surface area contributed by atoms with Crippen molar-refractivity contribution in [3.8, 4) is 17.2 Å². The Labute approximate surface area is 162 Å². The van der Waals surface area contributed by atoms with Gasteiger partial charge in [0.25, 0.3) is 0 Å². The summed E-state index contributed by atoms with van der Waals surface area (Å²) in [7, 11) is 3.21. The second-order valence-corrected chi connectivity index (χ2v) is 6.45. The maximum absolute atomic E-state index is 6.32. The molecule has 1 aromatic heterocycles. The van der Waals surface area contributed by atoms with Crippen LogP contribution in [0.25, 0.3) is 5.69 Å². The van der Waals surface area contributed by atoms with Crippen molar-refractivity contribution in [2.24, 2.45) is 0 Å². The van der Waals surface area contributed by atoms with Gasteiger partial charge < -0.3 is 14.2 Å². The highest BCUT2D eigenvalue weighted by molar-refractivity contribution is 6.30. The van der Waals surface area contributed by atoms with Gasteiger partial charge in [0.15, 0.2) is 17.3 Å². The first kappa shape index (κ1) is 17.8. The monoisotopic (exact) mass is 383 g/mol. The SMILES string of the molecule is CCc1nnc2n1-c1ccc(Cl)cc1C(c1cccc(OC)c1OC)O[C]2. The van der Waals surface area contributed by atoms with Gasteiger partial charge in [-0.1, -0.05) is 30.7 Å². The number of para-hydroxylation sites is 1. The Morgan fingerprint density at radius 2 is 2.00 bits per heavy atom. The highest BCUT2D eigenvalue weighted by Crippen LogP contribution is 2.43. The predicted octanol–water partition coefficient (Wildman–Crippen LogP) is 4.01. The highest BCUT2D eigenvalue weighted by atomic mass is 35.5. The largest absolute Gasteiger partial charge is 0.493 e. The number of nitrogens with zero attached hydrogens (tertiary/aromatic N) is 3. The Hall–Kier alpha value is -2.57. The molecular formula is C20H18ClN3O3. The number of rotatable bonds is 4. The molecule has 138 valence electrons. The van der Waals surface area contributed by atoms with E-state index in [-0.39, 0.29) is 0 Å². The quantitative estimate of drug-likeness (QED) is 0.681. The maximum Gasteiger partial charge on any atom is 0.208 e. The molecule has 0 aliphatic carbocycles. The van der Waals surface area contributed by atoms with Crippen LogP contribution >= 0.6 is 11.6 Å². The Morgan fingerprint density at radius 1 is 1.15 bits per heavy atom. The van der Waals surface area contributed by atoms with Crippen molar-refractivity contribution in [1.29, 1.82) is 0 Å². The van der Waals surface area contributed by atoms with Gasteiger partial charge in [-0.05, 0) is 24.3 Å². The number of methoxy groups -OCH3 is 2. The van der Waals surface area contributed by atoms with E-state index in [2.05, 4.69) is 16.8 Å². The Balaban J connectivity index is 1.95. The van der Waals surface area contributed by atoms with Crippen LogP contribution in [-0.2, 0) is 11.2 Å². The van der Waals surface area contributed by atoms with E-state index in [1.165, 1.54) is 0 Å². The van der Waals surface area contributed by atoms with Gasteiger partial charge in [0, 0.05) is 22.6 Å². The van der Waals surface area contributed by atoms with Crippen LogP contribution in [0.3, 0.4) is 0 Å². The number of fused-ring (bicyclic) bond motifs is 3. The third-order valence-electron chi connectivity index (χ3n) is 4.54. The molecule has 0 fully saturated rings. The third-order valence-corrected chi connectivity index (χ3v) is 4.78. The van der Waals surface area contributed by atoms with Crippen molar-refractivity contribution in [2.75, 3.05) is 14.2 Å². The van der Waals surface area contributed by atoms with Crippen LogP contribution in [0, 0.1) is 6.61 Å². The molecule has 1 atom stereocenters. The lowest BCUT2D eigenvalue weighted by Crippen LogP contribution is -2.09. The number of halogens is 1.